The maximum Gasteiger partial charge on any atom is 0.251 e. The predicted molar refractivity (Wildman–Crippen MR) is 105 cm³/mol. The zero-order valence-electron chi connectivity index (χ0n) is 15.0. The molecule has 6 heteroatoms. The van der Waals surface area contributed by atoms with Crippen molar-refractivity contribution in [3.63, 3.8) is 0 Å². The third kappa shape index (κ3) is 4.17. The zero-order chi connectivity index (χ0) is 19.3. The van der Waals surface area contributed by atoms with E-state index in [-0.39, 0.29) is 11.7 Å². The minimum atomic E-state index is -0.318. The number of amides is 1. The first-order valence-corrected chi connectivity index (χ1v) is 8.93. The molecule has 0 aliphatic heterocycles. The third-order valence-corrected chi connectivity index (χ3v) is 4.25. The summed E-state index contributed by atoms with van der Waals surface area (Å²) in [5.41, 5.74) is 2.44. The number of aromatic nitrogens is 2. The van der Waals surface area contributed by atoms with Crippen LogP contribution in [0.15, 0.2) is 72.8 Å². The SMILES string of the molecule is O=C(NCCc1nc2ccccc2[nH]1)c1ccc(Oc2ccc(F)cc2)cc1. The number of fused-ring (bicyclic) bond motifs is 1. The smallest absolute Gasteiger partial charge is 0.251 e. The first kappa shape index (κ1) is 17.7. The topological polar surface area (TPSA) is 67.0 Å². The second-order valence-electron chi connectivity index (χ2n) is 6.29. The molecule has 0 aliphatic carbocycles. The van der Waals surface area contributed by atoms with Gasteiger partial charge in [-0.2, -0.15) is 0 Å². The summed E-state index contributed by atoms with van der Waals surface area (Å²) in [6, 6.07) is 20.4. The second-order valence-corrected chi connectivity index (χ2v) is 6.29. The Bertz CT molecular complexity index is 1060. The number of ether oxygens (including phenoxy) is 1. The Hall–Kier alpha value is -3.67. The molecular formula is C22H18FN3O2. The molecule has 4 aromatic rings. The summed E-state index contributed by atoms with van der Waals surface area (Å²) in [6.45, 7) is 0.479. The standard InChI is InChI=1S/C22H18FN3O2/c23-16-7-11-18(12-8-16)28-17-9-5-15(6-10-17)22(27)24-14-13-21-25-19-3-1-2-4-20(19)26-21/h1-12H,13-14H2,(H,24,27)(H,25,26). The number of benzene rings is 3. The summed E-state index contributed by atoms with van der Waals surface area (Å²) >= 11 is 0. The van der Waals surface area contributed by atoms with E-state index in [0.29, 0.717) is 30.0 Å². The van der Waals surface area contributed by atoms with Crippen LogP contribution in [-0.4, -0.2) is 22.4 Å². The number of para-hydroxylation sites is 2. The van der Waals surface area contributed by atoms with Crippen LogP contribution < -0.4 is 10.1 Å². The monoisotopic (exact) mass is 375 g/mol. The molecule has 0 radical (unpaired) electrons. The highest BCUT2D eigenvalue weighted by Crippen LogP contribution is 2.21. The first-order valence-electron chi connectivity index (χ1n) is 8.93. The predicted octanol–water partition coefficient (Wildman–Crippen LogP) is 4.47. The number of H-pyrrole nitrogens is 1. The maximum atomic E-state index is 12.9. The lowest BCUT2D eigenvalue weighted by atomic mass is 10.2. The van der Waals surface area contributed by atoms with Gasteiger partial charge in [-0.1, -0.05) is 12.1 Å². The molecule has 5 nitrogen and oxygen atoms in total. The van der Waals surface area contributed by atoms with E-state index < -0.39 is 0 Å². The van der Waals surface area contributed by atoms with Crippen LogP contribution in [0.3, 0.4) is 0 Å². The number of imidazole rings is 1. The lowest BCUT2D eigenvalue weighted by molar-refractivity contribution is 0.0954. The number of hydrogen-bond acceptors (Lipinski definition) is 3. The van der Waals surface area contributed by atoms with E-state index >= 15 is 0 Å². The Balaban J connectivity index is 1.31. The minimum Gasteiger partial charge on any atom is -0.457 e. The average Bonchev–Trinajstić information content (AvgIpc) is 3.13. The molecule has 1 aromatic heterocycles. The van der Waals surface area contributed by atoms with Crippen LogP contribution in [0.5, 0.6) is 11.5 Å². The zero-order valence-corrected chi connectivity index (χ0v) is 15.0. The van der Waals surface area contributed by atoms with Crippen molar-refractivity contribution in [1.29, 1.82) is 0 Å². The van der Waals surface area contributed by atoms with Crippen LogP contribution in [0.2, 0.25) is 0 Å². The van der Waals surface area contributed by atoms with Gasteiger partial charge in [0.25, 0.3) is 5.91 Å². The van der Waals surface area contributed by atoms with Gasteiger partial charge in [0.1, 0.15) is 23.1 Å². The lowest BCUT2D eigenvalue weighted by Gasteiger charge is -2.07. The van der Waals surface area contributed by atoms with Crippen molar-refractivity contribution in [2.75, 3.05) is 6.54 Å². The molecule has 140 valence electrons. The molecule has 0 saturated heterocycles. The first-order chi connectivity index (χ1) is 13.7. The molecular weight excluding hydrogens is 357 g/mol. The highest BCUT2D eigenvalue weighted by Gasteiger charge is 2.07. The Kier molecular flexibility index (Phi) is 5.01. The van der Waals surface area contributed by atoms with Crippen LogP contribution in [0.4, 0.5) is 4.39 Å². The Morgan fingerprint density at radius 2 is 1.64 bits per heavy atom. The van der Waals surface area contributed by atoms with Gasteiger partial charge in [0.2, 0.25) is 0 Å². The molecule has 1 amide bonds. The fraction of sp³-hybridized carbons (Fsp3) is 0.0909. The number of hydrogen-bond donors (Lipinski definition) is 2. The Labute approximate surface area is 161 Å². The van der Waals surface area contributed by atoms with Crippen molar-refractivity contribution in [3.05, 3.63) is 90.0 Å². The average molecular weight is 375 g/mol. The molecule has 2 N–H and O–H groups in total. The summed E-state index contributed by atoms with van der Waals surface area (Å²) < 4.78 is 18.6. The molecule has 4 rings (SSSR count). The van der Waals surface area contributed by atoms with E-state index in [4.69, 9.17) is 4.74 Å². The van der Waals surface area contributed by atoms with Gasteiger partial charge in [0, 0.05) is 18.5 Å². The van der Waals surface area contributed by atoms with E-state index in [1.54, 1.807) is 36.4 Å². The number of rotatable bonds is 6. The van der Waals surface area contributed by atoms with Crippen LogP contribution >= 0.6 is 0 Å². The summed E-state index contributed by atoms with van der Waals surface area (Å²) in [4.78, 5) is 20.0. The number of nitrogens with one attached hydrogen (secondary N) is 2. The molecule has 0 atom stereocenters. The van der Waals surface area contributed by atoms with Gasteiger partial charge >= 0.3 is 0 Å². The largest absolute Gasteiger partial charge is 0.457 e. The maximum absolute atomic E-state index is 12.9. The fourth-order valence-corrected chi connectivity index (χ4v) is 2.83. The van der Waals surface area contributed by atoms with Gasteiger partial charge in [0.15, 0.2) is 0 Å². The summed E-state index contributed by atoms with van der Waals surface area (Å²) in [7, 11) is 0. The molecule has 0 saturated carbocycles. The van der Waals surface area contributed by atoms with Crippen LogP contribution in [0, 0.1) is 5.82 Å². The molecule has 0 bridgehead atoms. The van der Waals surface area contributed by atoms with Gasteiger partial charge in [-0.15, -0.1) is 0 Å². The molecule has 0 unspecified atom stereocenters. The van der Waals surface area contributed by atoms with Gasteiger partial charge in [-0.05, 0) is 60.7 Å². The summed E-state index contributed by atoms with van der Waals surface area (Å²) in [5, 5.41) is 2.89. The van der Waals surface area contributed by atoms with Crippen molar-refractivity contribution in [2.45, 2.75) is 6.42 Å². The van der Waals surface area contributed by atoms with E-state index in [1.165, 1.54) is 12.1 Å². The highest BCUT2D eigenvalue weighted by molar-refractivity contribution is 5.94. The Morgan fingerprint density at radius 1 is 0.964 bits per heavy atom. The number of carbonyl (C=O) groups excluding carboxylic acids is 1. The van der Waals surface area contributed by atoms with Crippen molar-refractivity contribution in [3.8, 4) is 11.5 Å². The minimum absolute atomic E-state index is 0.163. The summed E-state index contributed by atoms with van der Waals surface area (Å²) in [5.74, 6) is 1.46. The van der Waals surface area contributed by atoms with Crippen LogP contribution in [0.1, 0.15) is 16.2 Å². The van der Waals surface area contributed by atoms with E-state index in [0.717, 1.165) is 16.9 Å². The van der Waals surface area contributed by atoms with Crippen molar-refractivity contribution < 1.29 is 13.9 Å². The van der Waals surface area contributed by atoms with E-state index in [9.17, 15) is 9.18 Å². The number of halogens is 1. The Morgan fingerprint density at radius 3 is 2.36 bits per heavy atom. The van der Waals surface area contributed by atoms with E-state index in [1.807, 2.05) is 24.3 Å². The number of aromatic amines is 1. The molecule has 3 aromatic carbocycles. The van der Waals surface area contributed by atoms with Crippen molar-refractivity contribution >= 4 is 16.9 Å². The summed E-state index contributed by atoms with van der Waals surface area (Å²) in [6.07, 6.45) is 0.617. The van der Waals surface area contributed by atoms with Crippen LogP contribution in [-0.2, 0) is 6.42 Å². The van der Waals surface area contributed by atoms with Crippen LogP contribution in [0.25, 0.3) is 11.0 Å². The second kappa shape index (κ2) is 7.92. The van der Waals surface area contributed by atoms with Gasteiger partial charge < -0.3 is 15.0 Å². The quantitative estimate of drug-likeness (QED) is 0.523. The molecule has 0 fully saturated rings. The fourth-order valence-electron chi connectivity index (χ4n) is 2.83. The van der Waals surface area contributed by atoms with Crippen molar-refractivity contribution in [2.24, 2.45) is 0 Å². The number of nitrogens with zero attached hydrogens (tertiary/aromatic N) is 1. The highest BCUT2D eigenvalue weighted by atomic mass is 19.1. The molecule has 0 aliphatic rings. The van der Waals surface area contributed by atoms with Gasteiger partial charge in [0.05, 0.1) is 11.0 Å². The lowest BCUT2D eigenvalue weighted by Crippen LogP contribution is -2.25. The normalized spacial score (nSPS) is 10.8. The van der Waals surface area contributed by atoms with Gasteiger partial charge in [-0.25, -0.2) is 9.37 Å². The van der Waals surface area contributed by atoms with Crippen molar-refractivity contribution in [1.82, 2.24) is 15.3 Å². The number of carbonyl (C=O) groups is 1. The third-order valence-electron chi connectivity index (χ3n) is 4.25. The van der Waals surface area contributed by atoms with Gasteiger partial charge in [-0.3, -0.25) is 4.79 Å². The molecule has 1 heterocycles. The molecule has 28 heavy (non-hydrogen) atoms. The molecule has 0 spiro atoms. The van der Waals surface area contributed by atoms with E-state index in [2.05, 4.69) is 15.3 Å².